The van der Waals surface area contributed by atoms with Gasteiger partial charge in [0, 0.05) is 29.2 Å². The monoisotopic (exact) mass is 399 g/mol. The first kappa shape index (κ1) is 18.6. The lowest BCUT2D eigenvalue weighted by Crippen LogP contribution is -2.49. The summed E-state index contributed by atoms with van der Waals surface area (Å²) >= 11 is 3.23. The summed E-state index contributed by atoms with van der Waals surface area (Å²) in [4.78, 5) is 25.4. The number of hydrogen-bond acceptors (Lipinski definition) is 4. The van der Waals surface area contributed by atoms with Crippen molar-refractivity contribution >= 4 is 33.9 Å². The maximum Gasteiger partial charge on any atom is 0.331 e. The van der Waals surface area contributed by atoms with Crippen LogP contribution in [0, 0.1) is 5.82 Å². The Balaban J connectivity index is 1.85. The second-order valence-corrected chi connectivity index (χ2v) is 6.58. The van der Waals surface area contributed by atoms with Gasteiger partial charge in [-0.15, -0.1) is 0 Å². The van der Waals surface area contributed by atoms with Crippen LogP contribution in [0.4, 0.5) is 4.39 Å². The minimum Gasteiger partial charge on any atom is -0.452 e. The molecule has 5 nitrogen and oxygen atoms in total. The number of ether oxygens (including phenoxy) is 2. The smallest absolute Gasteiger partial charge is 0.331 e. The third-order valence-electron chi connectivity index (χ3n) is 3.47. The number of carbonyl (C=O) groups is 2. The van der Waals surface area contributed by atoms with Gasteiger partial charge in [-0.25, -0.2) is 9.18 Å². The van der Waals surface area contributed by atoms with E-state index in [2.05, 4.69) is 15.9 Å². The van der Waals surface area contributed by atoms with Crippen molar-refractivity contribution < 1.29 is 23.5 Å². The van der Waals surface area contributed by atoms with Crippen LogP contribution in [0.15, 0.2) is 28.7 Å². The number of benzene rings is 1. The van der Waals surface area contributed by atoms with E-state index in [0.29, 0.717) is 17.6 Å². The molecular weight excluding hydrogens is 381 g/mol. The second kappa shape index (κ2) is 8.39. The molecule has 0 unspecified atom stereocenters. The quantitative estimate of drug-likeness (QED) is 0.576. The molecule has 0 N–H and O–H groups in total. The summed E-state index contributed by atoms with van der Waals surface area (Å²) in [5.74, 6) is -1.42. The lowest BCUT2D eigenvalue weighted by atomic mass is 10.2. The zero-order chi connectivity index (χ0) is 17.7. The van der Waals surface area contributed by atoms with Gasteiger partial charge in [0.1, 0.15) is 5.82 Å². The Hall–Kier alpha value is -1.73. The van der Waals surface area contributed by atoms with E-state index in [-0.39, 0.29) is 30.3 Å². The highest BCUT2D eigenvalue weighted by atomic mass is 79.9. The first-order valence-electron chi connectivity index (χ1n) is 7.58. The largest absolute Gasteiger partial charge is 0.452 e. The Morgan fingerprint density at radius 2 is 2.04 bits per heavy atom. The van der Waals surface area contributed by atoms with Gasteiger partial charge in [-0.2, -0.15) is 0 Å². The fourth-order valence-electron chi connectivity index (χ4n) is 2.45. The molecule has 1 aromatic carbocycles. The molecule has 1 aromatic rings. The number of rotatable bonds is 4. The predicted octanol–water partition coefficient (Wildman–Crippen LogP) is 2.78. The molecule has 0 saturated carbocycles. The van der Waals surface area contributed by atoms with Crippen LogP contribution in [-0.4, -0.2) is 48.7 Å². The number of hydrogen-bond donors (Lipinski definition) is 0. The molecule has 0 aliphatic carbocycles. The molecule has 1 amide bonds. The SMILES string of the molecule is C[C@@H]1CN(C(=O)COC(=O)/C=C/c2cc(Br)ccc2F)C[C@@H](C)O1. The van der Waals surface area contributed by atoms with Gasteiger partial charge in [0.15, 0.2) is 6.61 Å². The number of carbonyl (C=O) groups excluding carboxylic acids is 2. The van der Waals surface area contributed by atoms with Crippen molar-refractivity contribution in [3.63, 3.8) is 0 Å². The Morgan fingerprint density at radius 1 is 1.38 bits per heavy atom. The molecule has 130 valence electrons. The summed E-state index contributed by atoms with van der Waals surface area (Å²) in [5, 5.41) is 0. The number of nitrogens with zero attached hydrogens (tertiary/aromatic N) is 1. The van der Waals surface area contributed by atoms with Gasteiger partial charge in [-0.05, 0) is 38.1 Å². The summed E-state index contributed by atoms with van der Waals surface area (Å²) in [6.45, 7) is 4.37. The van der Waals surface area contributed by atoms with Gasteiger partial charge in [0.25, 0.3) is 5.91 Å². The number of morpholine rings is 1. The van der Waals surface area contributed by atoms with Crippen molar-refractivity contribution in [3.05, 3.63) is 40.1 Å². The van der Waals surface area contributed by atoms with Crippen molar-refractivity contribution in [2.45, 2.75) is 26.1 Å². The average Bonchev–Trinajstić information content (AvgIpc) is 2.52. The van der Waals surface area contributed by atoms with Crippen molar-refractivity contribution in [2.75, 3.05) is 19.7 Å². The molecule has 24 heavy (non-hydrogen) atoms. The molecule has 2 atom stereocenters. The van der Waals surface area contributed by atoms with Crippen molar-refractivity contribution in [1.29, 1.82) is 0 Å². The Labute approximate surface area is 148 Å². The van der Waals surface area contributed by atoms with E-state index >= 15 is 0 Å². The minimum atomic E-state index is -0.697. The van der Waals surface area contributed by atoms with E-state index in [1.165, 1.54) is 12.1 Å². The van der Waals surface area contributed by atoms with Crippen LogP contribution in [0.3, 0.4) is 0 Å². The molecule has 1 aliphatic rings. The van der Waals surface area contributed by atoms with Crippen LogP contribution in [0.5, 0.6) is 0 Å². The summed E-state index contributed by atoms with van der Waals surface area (Å²) < 4.78 is 24.7. The van der Waals surface area contributed by atoms with Gasteiger partial charge >= 0.3 is 5.97 Å². The molecule has 2 rings (SSSR count). The molecule has 0 radical (unpaired) electrons. The van der Waals surface area contributed by atoms with Gasteiger partial charge in [0.05, 0.1) is 12.2 Å². The normalized spacial score (nSPS) is 21.1. The van der Waals surface area contributed by atoms with Crippen LogP contribution < -0.4 is 0 Å². The third-order valence-corrected chi connectivity index (χ3v) is 3.96. The topological polar surface area (TPSA) is 55.8 Å². The second-order valence-electron chi connectivity index (χ2n) is 5.66. The summed E-state index contributed by atoms with van der Waals surface area (Å²) in [5.41, 5.74) is 0.253. The number of halogens is 2. The van der Waals surface area contributed by atoms with Gasteiger partial charge < -0.3 is 14.4 Å². The molecule has 1 fully saturated rings. The minimum absolute atomic E-state index is 0.0483. The number of esters is 1. The first-order chi connectivity index (χ1) is 11.3. The molecular formula is C17H19BrFNO4. The molecule has 1 heterocycles. The first-order valence-corrected chi connectivity index (χ1v) is 8.37. The van der Waals surface area contributed by atoms with Gasteiger partial charge in [0.2, 0.25) is 0 Å². The Morgan fingerprint density at radius 3 is 2.71 bits per heavy atom. The zero-order valence-electron chi connectivity index (χ0n) is 13.5. The highest BCUT2D eigenvalue weighted by Crippen LogP contribution is 2.16. The predicted molar refractivity (Wildman–Crippen MR) is 90.7 cm³/mol. The van der Waals surface area contributed by atoms with Crippen LogP contribution in [0.25, 0.3) is 6.08 Å². The molecule has 0 aromatic heterocycles. The summed E-state index contributed by atoms with van der Waals surface area (Å²) in [7, 11) is 0. The highest BCUT2D eigenvalue weighted by molar-refractivity contribution is 9.10. The van der Waals surface area contributed by atoms with Crippen molar-refractivity contribution in [1.82, 2.24) is 4.90 Å². The average molecular weight is 400 g/mol. The van der Waals surface area contributed by atoms with Crippen LogP contribution in [0.2, 0.25) is 0 Å². The molecule has 1 saturated heterocycles. The van der Waals surface area contributed by atoms with E-state index in [4.69, 9.17) is 9.47 Å². The molecule has 1 aliphatic heterocycles. The van der Waals surface area contributed by atoms with Crippen molar-refractivity contribution in [3.8, 4) is 0 Å². The van der Waals surface area contributed by atoms with Crippen LogP contribution in [0.1, 0.15) is 19.4 Å². The maximum atomic E-state index is 13.6. The van der Waals surface area contributed by atoms with Gasteiger partial charge in [-0.1, -0.05) is 15.9 Å². The van der Waals surface area contributed by atoms with E-state index in [9.17, 15) is 14.0 Å². The van der Waals surface area contributed by atoms with Crippen LogP contribution in [-0.2, 0) is 19.1 Å². The number of amides is 1. The lowest BCUT2D eigenvalue weighted by Gasteiger charge is -2.35. The van der Waals surface area contributed by atoms with E-state index in [1.54, 1.807) is 17.0 Å². The Bertz CT molecular complexity index is 639. The molecule has 0 spiro atoms. The fourth-order valence-corrected chi connectivity index (χ4v) is 2.83. The lowest BCUT2D eigenvalue weighted by molar-refractivity contribution is -0.154. The summed E-state index contributed by atoms with van der Waals surface area (Å²) in [6.07, 6.45) is 2.31. The van der Waals surface area contributed by atoms with E-state index < -0.39 is 11.8 Å². The molecule has 7 heteroatoms. The summed E-state index contributed by atoms with van der Waals surface area (Å²) in [6, 6.07) is 4.40. The zero-order valence-corrected chi connectivity index (χ0v) is 15.1. The molecule has 0 bridgehead atoms. The van der Waals surface area contributed by atoms with Gasteiger partial charge in [-0.3, -0.25) is 4.79 Å². The van der Waals surface area contributed by atoms with Crippen molar-refractivity contribution in [2.24, 2.45) is 0 Å². The van der Waals surface area contributed by atoms with Crippen LogP contribution >= 0.6 is 15.9 Å². The van der Waals surface area contributed by atoms with E-state index in [0.717, 1.165) is 6.08 Å². The Kier molecular flexibility index (Phi) is 6.51. The maximum absolute atomic E-state index is 13.6. The highest BCUT2D eigenvalue weighted by Gasteiger charge is 2.26. The fraction of sp³-hybridized carbons (Fsp3) is 0.412. The third kappa shape index (κ3) is 5.42. The van der Waals surface area contributed by atoms with E-state index in [1.807, 2.05) is 13.8 Å². The standard InChI is InChI=1S/C17H19BrFNO4/c1-11-8-20(9-12(2)24-11)16(21)10-23-17(22)6-3-13-7-14(18)4-5-15(13)19/h3-7,11-12H,8-10H2,1-2H3/b6-3+/t11-,12-/m1/s1.